The molecule has 14 heavy (non-hydrogen) atoms. The number of ether oxygens (including phenoxy) is 1. The van der Waals surface area contributed by atoms with Gasteiger partial charge in [-0.05, 0) is 26.7 Å². The molecular formula is C10H19N3O. The lowest BCUT2D eigenvalue weighted by Gasteiger charge is -2.44. The summed E-state index contributed by atoms with van der Waals surface area (Å²) in [5, 5.41) is 0. The van der Waals surface area contributed by atoms with E-state index in [1.807, 2.05) is 0 Å². The van der Waals surface area contributed by atoms with Gasteiger partial charge in [-0.1, -0.05) is 0 Å². The first-order valence-corrected chi connectivity index (χ1v) is 5.33. The highest BCUT2D eigenvalue weighted by Crippen LogP contribution is 2.33. The van der Waals surface area contributed by atoms with Crippen LogP contribution in [0.1, 0.15) is 26.7 Å². The van der Waals surface area contributed by atoms with Crippen molar-refractivity contribution in [3.05, 3.63) is 0 Å². The SMILES string of the molecule is CC(C)N1C(N)=NCC12CCOCC2. The fraction of sp³-hybridized carbons (Fsp3) is 0.900. The van der Waals surface area contributed by atoms with E-state index in [4.69, 9.17) is 10.5 Å². The standard InChI is InChI=1S/C10H19N3O/c1-8(2)13-9(11)12-7-10(13)3-5-14-6-4-10/h8H,3-7H2,1-2H3,(H2,11,12). The molecule has 4 nitrogen and oxygen atoms in total. The molecule has 0 unspecified atom stereocenters. The van der Waals surface area contributed by atoms with Crippen molar-refractivity contribution in [2.45, 2.75) is 38.3 Å². The molecule has 0 radical (unpaired) electrons. The van der Waals surface area contributed by atoms with Crippen LogP contribution in [0.5, 0.6) is 0 Å². The lowest BCUT2D eigenvalue weighted by molar-refractivity contribution is 0.00285. The zero-order chi connectivity index (χ0) is 10.2. The van der Waals surface area contributed by atoms with Gasteiger partial charge >= 0.3 is 0 Å². The molecular weight excluding hydrogens is 178 g/mol. The van der Waals surface area contributed by atoms with E-state index in [9.17, 15) is 0 Å². The molecule has 0 aromatic rings. The molecule has 0 aliphatic carbocycles. The summed E-state index contributed by atoms with van der Waals surface area (Å²) in [6.45, 7) is 6.87. The molecule has 1 fully saturated rings. The number of rotatable bonds is 1. The summed E-state index contributed by atoms with van der Waals surface area (Å²) in [4.78, 5) is 6.65. The molecule has 0 saturated carbocycles. The van der Waals surface area contributed by atoms with Crippen LogP contribution in [0.4, 0.5) is 0 Å². The van der Waals surface area contributed by atoms with Gasteiger partial charge in [0.2, 0.25) is 0 Å². The third-order valence-corrected chi connectivity index (χ3v) is 3.23. The molecule has 2 heterocycles. The van der Waals surface area contributed by atoms with Crippen LogP contribution in [0.15, 0.2) is 4.99 Å². The molecule has 2 aliphatic rings. The van der Waals surface area contributed by atoms with Crippen LogP contribution in [0, 0.1) is 0 Å². The monoisotopic (exact) mass is 197 g/mol. The van der Waals surface area contributed by atoms with E-state index in [0.29, 0.717) is 12.0 Å². The Kier molecular flexibility index (Phi) is 2.39. The van der Waals surface area contributed by atoms with Gasteiger partial charge in [0.05, 0.1) is 12.1 Å². The number of guanidine groups is 1. The summed E-state index contributed by atoms with van der Waals surface area (Å²) in [6, 6.07) is 0.430. The minimum Gasteiger partial charge on any atom is -0.381 e. The van der Waals surface area contributed by atoms with Gasteiger partial charge in [-0.15, -0.1) is 0 Å². The number of nitrogens with two attached hydrogens (primary N) is 1. The third kappa shape index (κ3) is 1.38. The highest BCUT2D eigenvalue weighted by atomic mass is 16.5. The van der Waals surface area contributed by atoms with Crippen molar-refractivity contribution in [1.82, 2.24) is 4.90 Å². The van der Waals surface area contributed by atoms with E-state index in [1.165, 1.54) is 0 Å². The molecule has 80 valence electrons. The summed E-state index contributed by atoms with van der Waals surface area (Å²) >= 11 is 0. The van der Waals surface area contributed by atoms with E-state index in [0.717, 1.165) is 32.6 Å². The predicted molar refractivity (Wildman–Crippen MR) is 56.2 cm³/mol. The number of nitrogens with zero attached hydrogens (tertiary/aromatic N) is 2. The fourth-order valence-corrected chi connectivity index (χ4v) is 2.59. The van der Waals surface area contributed by atoms with Crippen molar-refractivity contribution >= 4 is 5.96 Å². The second-order valence-electron chi connectivity index (χ2n) is 4.47. The van der Waals surface area contributed by atoms with Crippen LogP contribution in [0.2, 0.25) is 0 Å². The number of aliphatic imine (C=N–C) groups is 1. The van der Waals surface area contributed by atoms with E-state index in [2.05, 4.69) is 23.7 Å². The first kappa shape index (κ1) is 9.77. The Hall–Kier alpha value is -0.770. The van der Waals surface area contributed by atoms with Gasteiger partial charge in [-0.25, -0.2) is 0 Å². The second-order valence-corrected chi connectivity index (χ2v) is 4.47. The largest absolute Gasteiger partial charge is 0.381 e. The van der Waals surface area contributed by atoms with Gasteiger partial charge in [0.1, 0.15) is 0 Å². The lowest BCUT2D eigenvalue weighted by atomic mass is 9.88. The summed E-state index contributed by atoms with van der Waals surface area (Å²) in [7, 11) is 0. The summed E-state index contributed by atoms with van der Waals surface area (Å²) < 4.78 is 5.40. The third-order valence-electron chi connectivity index (χ3n) is 3.23. The summed E-state index contributed by atoms with van der Waals surface area (Å²) in [5.41, 5.74) is 6.08. The van der Waals surface area contributed by atoms with E-state index >= 15 is 0 Å². The van der Waals surface area contributed by atoms with Gasteiger partial charge in [-0.2, -0.15) is 0 Å². The molecule has 1 spiro atoms. The molecule has 1 saturated heterocycles. The maximum absolute atomic E-state index is 5.92. The Morgan fingerprint density at radius 2 is 2.07 bits per heavy atom. The predicted octanol–water partition coefficient (Wildman–Crippen LogP) is 0.574. The van der Waals surface area contributed by atoms with Gasteiger partial charge in [-0.3, -0.25) is 4.99 Å². The Labute approximate surface area is 85.1 Å². The van der Waals surface area contributed by atoms with Crippen molar-refractivity contribution in [2.75, 3.05) is 19.8 Å². The molecule has 0 atom stereocenters. The minimum absolute atomic E-state index is 0.163. The first-order chi connectivity index (χ1) is 6.66. The van der Waals surface area contributed by atoms with Gasteiger partial charge in [0.25, 0.3) is 0 Å². The maximum atomic E-state index is 5.92. The number of hydrogen-bond donors (Lipinski definition) is 1. The van der Waals surface area contributed by atoms with Crippen molar-refractivity contribution in [3.8, 4) is 0 Å². The zero-order valence-corrected chi connectivity index (χ0v) is 8.99. The summed E-state index contributed by atoms with van der Waals surface area (Å²) in [5.74, 6) is 0.710. The number of hydrogen-bond acceptors (Lipinski definition) is 4. The smallest absolute Gasteiger partial charge is 0.192 e. The van der Waals surface area contributed by atoms with Crippen molar-refractivity contribution in [3.63, 3.8) is 0 Å². The van der Waals surface area contributed by atoms with Crippen molar-refractivity contribution in [1.29, 1.82) is 0 Å². The Morgan fingerprint density at radius 1 is 1.43 bits per heavy atom. The Balaban J connectivity index is 2.19. The second kappa shape index (κ2) is 3.42. The highest BCUT2D eigenvalue weighted by molar-refractivity contribution is 5.81. The Morgan fingerprint density at radius 3 is 2.64 bits per heavy atom. The van der Waals surface area contributed by atoms with Crippen molar-refractivity contribution in [2.24, 2.45) is 10.7 Å². The summed E-state index contributed by atoms with van der Waals surface area (Å²) in [6.07, 6.45) is 2.10. The zero-order valence-electron chi connectivity index (χ0n) is 8.99. The molecule has 0 aromatic carbocycles. The van der Waals surface area contributed by atoms with Gasteiger partial charge in [0.15, 0.2) is 5.96 Å². The molecule has 4 heteroatoms. The van der Waals surface area contributed by atoms with E-state index < -0.39 is 0 Å². The van der Waals surface area contributed by atoms with E-state index in [-0.39, 0.29) is 5.54 Å². The molecule has 0 aromatic heterocycles. The molecule has 2 N–H and O–H groups in total. The average molecular weight is 197 g/mol. The molecule has 2 aliphatic heterocycles. The van der Waals surface area contributed by atoms with Crippen LogP contribution in [-0.2, 0) is 4.74 Å². The van der Waals surface area contributed by atoms with E-state index in [1.54, 1.807) is 0 Å². The first-order valence-electron chi connectivity index (χ1n) is 5.33. The van der Waals surface area contributed by atoms with Crippen molar-refractivity contribution < 1.29 is 4.74 Å². The Bertz CT molecular complexity index is 244. The van der Waals surface area contributed by atoms with Crippen LogP contribution >= 0.6 is 0 Å². The topological polar surface area (TPSA) is 50.8 Å². The maximum Gasteiger partial charge on any atom is 0.192 e. The molecule has 2 rings (SSSR count). The molecule has 0 amide bonds. The average Bonchev–Trinajstić information content (AvgIpc) is 2.45. The fourth-order valence-electron chi connectivity index (χ4n) is 2.59. The van der Waals surface area contributed by atoms with Gasteiger partial charge in [0, 0.05) is 19.3 Å². The van der Waals surface area contributed by atoms with Crippen LogP contribution < -0.4 is 5.73 Å². The minimum atomic E-state index is 0.163. The van der Waals surface area contributed by atoms with Crippen LogP contribution in [0.3, 0.4) is 0 Å². The normalized spacial score (nSPS) is 25.9. The van der Waals surface area contributed by atoms with Crippen LogP contribution in [0.25, 0.3) is 0 Å². The van der Waals surface area contributed by atoms with Gasteiger partial charge < -0.3 is 15.4 Å². The van der Waals surface area contributed by atoms with Crippen LogP contribution in [-0.4, -0.2) is 42.2 Å². The quantitative estimate of drug-likeness (QED) is 0.668. The lowest BCUT2D eigenvalue weighted by Crippen LogP contribution is -2.57. The highest BCUT2D eigenvalue weighted by Gasteiger charge is 2.44. The molecule has 0 bridgehead atoms.